The Morgan fingerprint density at radius 3 is 2.43 bits per heavy atom. The summed E-state index contributed by atoms with van der Waals surface area (Å²) in [5, 5.41) is 3.82. The lowest BCUT2D eigenvalue weighted by Gasteiger charge is -2.53. The van der Waals surface area contributed by atoms with Gasteiger partial charge in [0.1, 0.15) is 0 Å². The maximum absolute atomic E-state index is 12.1. The summed E-state index contributed by atoms with van der Waals surface area (Å²) in [6.07, 6.45) is 5.96. The van der Waals surface area contributed by atoms with Gasteiger partial charge in [0.05, 0.1) is 6.10 Å². The predicted molar refractivity (Wildman–Crippen MR) is 83.1 cm³/mol. The molecule has 4 heteroatoms. The van der Waals surface area contributed by atoms with E-state index in [1.54, 1.807) is 0 Å². The number of nitrogens with zero attached hydrogens (tertiary/aromatic N) is 1. The molecule has 2 atom stereocenters. The Hall–Kier alpha value is -0.610. The normalized spacial score (nSPS) is 32.8. The van der Waals surface area contributed by atoms with Gasteiger partial charge in [-0.25, -0.2) is 0 Å². The molecule has 0 aromatic carbocycles. The van der Waals surface area contributed by atoms with Crippen LogP contribution < -0.4 is 5.32 Å². The van der Waals surface area contributed by atoms with Crippen LogP contribution >= 0.6 is 0 Å². The summed E-state index contributed by atoms with van der Waals surface area (Å²) in [6.45, 7) is 9.37. The molecule has 3 fully saturated rings. The van der Waals surface area contributed by atoms with Crippen LogP contribution in [0.2, 0.25) is 0 Å². The highest BCUT2D eigenvalue weighted by molar-refractivity contribution is 5.81. The molecule has 3 aliphatic rings. The van der Waals surface area contributed by atoms with Gasteiger partial charge in [0.25, 0.3) is 0 Å². The van der Waals surface area contributed by atoms with Crippen LogP contribution in [0.3, 0.4) is 0 Å². The smallest absolute Gasteiger partial charge is 0.225 e. The lowest BCUT2D eigenvalue weighted by Crippen LogP contribution is -2.63. The van der Waals surface area contributed by atoms with Gasteiger partial charge in [-0.1, -0.05) is 13.8 Å². The molecule has 0 spiro atoms. The van der Waals surface area contributed by atoms with E-state index in [0.717, 1.165) is 51.8 Å². The fraction of sp³-hybridized carbons (Fsp3) is 0.941. The number of amides is 1. The third-order valence-electron chi connectivity index (χ3n) is 5.72. The van der Waals surface area contributed by atoms with Crippen LogP contribution in [0.15, 0.2) is 0 Å². The quantitative estimate of drug-likeness (QED) is 0.845. The average Bonchev–Trinajstić information content (AvgIpc) is 3.31. The van der Waals surface area contributed by atoms with E-state index in [1.165, 1.54) is 0 Å². The molecule has 120 valence electrons. The van der Waals surface area contributed by atoms with Gasteiger partial charge >= 0.3 is 0 Å². The number of carbonyl (C=O) groups excluding carboxylic acids is 1. The SMILES string of the molecule is CCOC1CC(NC2CCN(C(=O)C3CC3)CC2)C1(C)C. The molecular formula is C17H30N2O2. The van der Waals surface area contributed by atoms with E-state index >= 15 is 0 Å². The second-order valence-corrected chi connectivity index (χ2v) is 7.59. The van der Waals surface area contributed by atoms with Crippen molar-refractivity contribution in [2.75, 3.05) is 19.7 Å². The molecule has 1 amide bonds. The standard InChI is InChI=1S/C17H30N2O2/c1-4-21-15-11-14(17(15,2)3)18-13-7-9-19(10-8-13)16(20)12-5-6-12/h12-15,18H,4-11H2,1-3H3. The molecule has 1 saturated heterocycles. The van der Waals surface area contributed by atoms with E-state index in [1.807, 2.05) is 0 Å². The van der Waals surface area contributed by atoms with Crippen molar-refractivity contribution in [2.24, 2.45) is 11.3 Å². The highest BCUT2D eigenvalue weighted by Crippen LogP contribution is 2.43. The monoisotopic (exact) mass is 294 g/mol. The Bertz CT molecular complexity index is 384. The maximum atomic E-state index is 12.1. The largest absolute Gasteiger partial charge is 0.378 e. The number of rotatable bonds is 5. The first-order chi connectivity index (χ1) is 10.0. The van der Waals surface area contributed by atoms with E-state index in [0.29, 0.717) is 30.0 Å². The minimum atomic E-state index is 0.233. The Morgan fingerprint density at radius 1 is 1.24 bits per heavy atom. The summed E-state index contributed by atoms with van der Waals surface area (Å²) in [4.78, 5) is 14.2. The molecule has 2 unspecified atom stereocenters. The van der Waals surface area contributed by atoms with Crippen molar-refractivity contribution in [3.8, 4) is 0 Å². The Morgan fingerprint density at radius 2 is 1.90 bits per heavy atom. The van der Waals surface area contributed by atoms with Crippen molar-refractivity contribution in [1.29, 1.82) is 0 Å². The average molecular weight is 294 g/mol. The number of carbonyl (C=O) groups is 1. The third kappa shape index (κ3) is 3.11. The van der Waals surface area contributed by atoms with Crippen LogP contribution in [0.25, 0.3) is 0 Å². The molecule has 0 aromatic heterocycles. The topological polar surface area (TPSA) is 41.6 Å². The predicted octanol–water partition coefficient (Wildman–Crippen LogP) is 2.18. The number of hydrogen-bond donors (Lipinski definition) is 1. The summed E-state index contributed by atoms with van der Waals surface area (Å²) in [6, 6.07) is 1.13. The van der Waals surface area contributed by atoms with Crippen molar-refractivity contribution in [1.82, 2.24) is 10.2 Å². The third-order valence-corrected chi connectivity index (χ3v) is 5.72. The van der Waals surface area contributed by atoms with Crippen molar-refractivity contribution < 1.29 is 9.53 Å². The Kier molecular flexibility index (Phi) is 4.28. The van der Waals surface area contributed by atoms with E-state index in [9.17, 15) is 4.79 Å². The van der Waals surface area contributed by atoms with Gasteiger partial charge < -0.3 is 15.0 Å². The van der Waals surface area contributed by atoms with Crippen LogP contribution in [0.1, 0.15) is 52.9 Å². The molecule has 2 aliphatic carbocycles. The van der Waals surface area contributed by atoms with Crippen molar-refractivity contribution in [3.63, 3.8) is 0 Å². The molecule has 0 bridgehead atoms. The first kappa shape index (κ1) is 15.3. The van der Waals surface area contributed by atoms with Gasteiger partial charge in [0, 0.05) is 43.1 Å². The summed E-state index contributed by atoms with van der Waals surface area (Å²) in [5.74, 6) is 0.779. The van der Waals surface area contributed by atoms with Crippen LogP contribution in [0.4, 0.5) is 0 Å². The Balaban J connectivity index is 1.42. The van der Waals surface area contributed by atoms with Crippen LogP contribution in [0.5, 0.6) is 0 Å². The second kappa shape index (κ2) is 5.88. The van der Waals surface area contributed by atoms with E-state index in [2.05, 4.69) is 31.0 Å². The molecule has 21 heavy (non-hydrogen) atoms. The minimum Gasteiger partial charge on any atom is -0.378 e. The highest BCUT2D eigenvalue weighted by atomic mass is 16.5. The van der Waals surface area contributed by atoms with Crippen LogP contribution in [-0.2, 0) is 9.53 Å². The van der Waals surface area contributed by atoms with E-state index in [-0.39, 0.29) is 5.41 Å². The summed E-state index contributed by atoms with van der Waals surface area (Å²) in [5.41, 5.74) is 0.233. The molecule has 1 aliphatic heterocycles. The van der Waals surface area contributed by atoms with Gasteiger partial charge in [-0.3, -0.25) is 4.79 Å². The number of piperidine rings is 1. The van der Waals surface area contributed by atoms with Gasteiger partial charge in [-0.15, -0.1) is 0 Å². The molecule has 3 rings (SSSR count). The number of ether oxygens (including phenoxy) is 1. The molecular weight excluding hydrogens is 264 g/mol. The lowest BCUT2D eigenvalue weighted by atomic mass is 9.64. The van der Waals surface area contributed by atoms with Gasteiger partial charge in [0.15, 0.2) is 0 Å². The zero-order valence-corrected chi connectivity index (χ0v) is 13.7. The first-order valence-corrected chi connectivity index (χ1v) is 8.68. The molecule has 0 radical (unpaired) electrons. The summed E-state index contributed by atoms with van der Waals surface area (Å²) < 4.78 is 5.80. The van der Waals surface area contributed by atoms with Crippen molar-refractivity contribution in [2.45, 2.75) is 71.1 Å². The highest BCUT2D eigenvalue weighted by Gasteiger charge is 2.49. The van der Waals surface area contributed by atoms with Crippen LogP contribution in [-0.4, -0.2) is 48.7 Å². The molecule has 0 aromatic rings. The lowest BCUT2D eigenvalue weighted by molar-refractivity contribution is -0.134. The van der Waals surface area contributed by atoms with Gasteiger partial charge in [-0.05, 0) is 39.0 Å². The number of likely N-dealkylation sites (tertiary alicyclic amines) is 1. The Labute approximate surface area is 128 Å². The maximum Gasteiger partial charge on any atom is 0.225 e. The summed E-state index contributed by atoms with van der Waals surface area (Å²) in [7, 11) is 0. The zero-order chi connectivity index (χ0) is 15.0. The number of hydrogen-bond acceptors (Lipinski definition) is 3. The zero-order valence-electron chi connectivity index (χ0n) is 13.7. The molecule has 1 N–H and O–H groups in total. The minimum absolute atomic E-state index is 0.233. The fourth-order valence-corrected chi connectivity index (χ4v) is 3.79. The van der Waals surface area contributed by atoms with Crippen LogP contribution in [0, 0.1) is 11.3 Å². The van der Waals surface area contributed by atoms with Crippen molar-refractivity contribution in [3.05, 3.63) is 0 Å². The van der Waals surface area contributed by atoms with E-state index in [4.69, 9.17) is 4.74 Å². The van der Waals surface area contributed by atoms with Crippen molar-refractivity contribution >= 4 is 5.91 Å². The number of nitrogens with one attached hydrogen (secondary N) is 1. The fourth-order valence-electron chi connectivity index (χ4n) is 3.79. The van der Waals surface area contributed by atoms with E-state index < -0.39 is 0 Å². The molecule has 1 heterocycles. The summed E-state index contributed by atoms with van der Waals surface area (Å²) >= 11 is 0. The second-order valence-electron chi connectivity index (χ2n) is 7.59. The molecule has 4 nitrogen and oxygen atoms in total. The van der Waals surface area contributed by atoms with Gasteiger partial charge in [-0.2, -0.15) is 0 Å². The van der Waals surface area contributed by atoms with Gasteiger partial charge in [0.2, 0.25) is 5.91 Å². The first-order valence-electron chi connectivity index (χ1n) is 8.68. The molecule has 2 saturated carbocycles.